The van der Waals surface area contributed by atoms with Gasteiger partial charge in [0, 0.05) is 15.7 Å². The van der Waals surface area contributed by atoms with Gasteiger partial charge in [-0.1, -0.05) is 35.3 Å². The Labute approximate surface area is 138 Å². The standard InChI is InChI=1S/C16H12Cl2N2O2/c1-10(22-15-5-3-2-4-11(15)9-19)16(21)20-14-7-12(17)6-13(18)8-14/h2-8,10H,1H3,(H,20,21). The molecule has 1 N–H and O–H groups in total. The van der Waals surface area contributed by atoms with Crippen LogP contribution in [0.5, 0.6) is 5.75 Å². The van der Waals surface area contributed by atoms with Crippen LogP contribution in [-0.4, -0.2) is 12.0 Å². The number of hydrogen-bond donors (Lipinski definition) is 1. The van der Waals surface area contributed by atoms with E-state index < -0.39 is 6.10 Å². The molecule has 112 valence electrons. The number of carbonyl (C=O) groups excluding carboxylic acids is 1. The summed E-state index contributed by atoms with van der Waals surface area (Å²) >= 11 is 11.8. The van der Waals surface area contributed by atoms with Gasteiger partial charge in [-0.25, -0.2) is 0 Å². The summed E-state index contributed by atoms with van der Waals surface area (Å²) in [5.41, 5.74) is 0.847. The molecule has 0 aliphatic heterocycles. The molecule has 0 fully saturated rings. The molecule has 1 atom stereocenters. The van der Waals surface area contributed by atoms with Gasteiger partial charge in [0.1, 0.15) is 11.8 Å². The van der Waals surface area contributed by atoms with Gasteiger partial charge in [-0.15, -0.1) is 0 Å². The van der Waals surface area contributed by atoms with Crippen molar-refractivity contribution in [3.63, 3.8) is 0 Å². The topological polar surface area (TPSA) is 62.1 Å². The van der Waals surface area contributed by atoms with E-state index >= 15 is 0 Å². The zero-order valence-electron chi connectivity index (χ0n) is 11.6. The zero-order valence-corrected chi connectivity index (χ0v) is 13.2. The lowest BCUT2D eigenvalue weighted by Gasteiger charge is -2.15. The average Bonchev–Trinajstić information content (AvgIpc) is 2.46. The highest BCUT2D eigenvalue weighted by Gasteiger charge is 2.16. The fourth-order valence-electron chi connectivity index (χ4n) is 1.78. The minimum absolute atomic E-state index is 0.358. The lowest BCUT2D eigenvalue weighted by atomic mass is 10.2. The number of hydrogen-bond acceptors (Lipinski definition) is 3. The van der Waals surface area contributed by atoms with Gasteiger partial charge in [-0.05, 0) is 37.3 Å². The van der Waals surface area contributed by atoms with Crippen LogP contribution in [0.4, 0.5) is 5.69 Å². The molecule has 4 nitrogen and oxygen atoms in total. The Hall–Kier alpha value is -2.22. The number of ether oxygens (including phenoxy) is 1. The molecule has 2 rings (SSSR count). The normalized spacial score (nSPS) is 11.4. The lowest BCUT2D eigenvalue weighted by molar-refractivity contribution is -0.122. The second-order valence-corrected chi connectivity index (χ2v) is 5.39. The van der Waals surface area contributed by atoms with E-state index in [0.717, 1.165) is 0 Å². The Morgan fingerprint density at radius 2 is 1.86 bits per heavy atom. The highest BCUT2D eigenvalue weighted by atomic mass is 35.5. The van der Waals surface area contributed by atoms with Gasteiger partial charge in [0.2, 0.25) is 0 Å². The first kappa shape index (κ1) is 16.2. The number of nitrogens with one attached hydrogen (secondary N) is 1. The molecule has 6 heteroatoms. The van der Waals surface area contributed by atoms with E-state index in [2.05, 4.69) is 5.32 Å². The van der Waals surface area contributed by atoms with Crippen molar-refractivity contribution in [2.45, 2.75) is 13.0 Å². The molecule has 2 aromatic carbocycles. The van der Waals surface area contributed by atoms with Crippen LogP contribution in [0.3, 0.4) is 0 Å². The third kappa shape index (κ3) is 4.14. The van der Waals surface area contributed by atoms with Crippen LogP contribution in [0.2, 0.25) is 10.0 Å². The second kappa shape index (κ2) is 7.17. The SMILES string of the molecule is CC(Oc1ccccc1C#N)C(=O)Nc1cc(Cl)cc(Cl)c1. The maximum Gasteiger partial charge on any atom is 0.265 e. The number of benzene rings is 2. The molecule has 1 amide bonds. The number of rotatable bonds is 4. The predicted octanol–water partition coefficient (Wildman–Crippen LogP) is 4.27. The number of halogens is 2. The van der Waals surface area contributed by atoms with Crippen LogP contribution >= 0.6 is 23.2 Å². The molecule has 0 aliphatic carbocycles. The maximum absolute atomic E-state index is 12.1. The van der Waals surface area contributed by atoms with Crippen LogP contribution in [0.1, 0.15) is 12.5 Å². The Kier molecular flexibility index (Phi) is 5.26. The van der Waals surface area contributed by atoms with Crippen molar-refractivity contribution in [1.29, 1.82) is 5.26 Å². The highest BCUT2D eigenvalue weighted by Crippen LogP contribution is 2.23. The number of anilines is 1. The molecule has 0 aromatic heterocycles. The summed E-state index contributed by atoms with van der Waals surface area (Å²) in [6.45, 7) is 1.59. The summed E-state index contributed by atoms with van der Waals surface area (Å²) < 4.78 is 5.53. The van der Waals surface area contributed by atoms with E-state index in [0.29, 0.717) is 27.0 Å². The summed E-state index contributed by atoms with van der Waals surface area (Å²) in [4.78, 5) is 12.1. The first-order valence-corrected chi connectivity index (χ1v) is 7.18. The minimum Gasteiger partial charge on any atom is -0.480 e. The summed E-state index contributed by atoms with van der Waals surface area (Å²) in [7, 11) is 0. The average molecular weight is 335 g/mol. The van der Waals surface area contributed by atoms with Gasteiger partial charge in [0.05, 0.1) is 5.56 Å². The molecule has 1 unspecified atom stereocenters. The number of para-hydroxylation sites is 1. The van der Waals surface area contributed by atoms with Crippen LogP contribution in [-0.2, 0) is 4.79 Å². The molecule has 22 heavy (non-hydrogen) atoms. The van der Waals surface area contributed by atoms with Crippen LogP contribution in [0.25, 0.3) is 0 Å². The first-order chi connectivity index (χ1) is 10.5. The molecular weight excluding hydrogens is 323 g/mol. The van der Waals surface area contributed by atoms with Gasteiger partial charge in [0.15, 0.2) is 6.10 Å². The van der Waals surface area contributed by atoms with Crippen LogP contribution < -0.4 is 10.1 Å². The maximum atomic E-state index is 12.1. The summed E-state index contributed by atoms with van der Waals surface area (Å²) in [6, 6.07) is 13.5. The molecule has 0 saturated carbocycles. The van der Waals surface area contributed by atoms with Crippen molar-refractivity contribution < 1.29 is 9.53 Å². The van der Waals surface area contributed by atoms with Gasteiger partial charge in [-0.3, -0.25) is 4.79 Å². The van der Waals surface area contributed by atoms with Gasteiger partial charge in [0.25, 0.3) is 5.91 Å². The molecule has 0 aliphatic rings. The fraction of sp³-hybridized carbons (Fsp3) is 0.125. The molecule has 0 saturated heterocycles. The summed E-state index contributed by atoms with van der Waals surface area (Å²) in [5, 5.41) is 12.5. The first-order valence-electron chi connectivity index (χ1n) is 6.42. The quantitative estimate of drug-likeness (QED) is 0.907. The van der Waals surface area contributed by atoms with Gasteiger partial charge < -0.3 is 10.1 Å². The number of amides is 1. The number of nitrogens with zero attached hydrogens (tertiary/aromatic N) is 1. The summed E-state index contributed by atoms with van der Waals surface area (Å²) in [5.74, 6) is -0.0112. The Bertz CT molecular complexity index is 721. The smallest absolute Gasteiger partial charge is 0.265 e. The predicted molar refractivity (Wildman–Crippen MR) is 86.3 cm³/mol. The number of carbonyl (C=O) groups is 1. The number of nitriles is 1. The van der Waals surface area contributed by atoms with E-state index in [1.165, 1.54) is 0 Å². The highest BCUT2D eigenvalue weighted by molar-refractivity contribution is 6.35. The van der Waals surface area contributed by atoms with Gasteiger partial charge in [-0.2, -0.15) is 5.26 Å². The van der Waals surface area contributed by atoms with E-state index in [4.69, 9.17) is 33.2 Å². The van der Waals surface area contributed by atoms with Crippen LogP contribution in [0, 0.1) is 11.3 Å². The second-order valence-electron chi connectivity index (χ2n) is 4.52. The van der Waals surface area contributed by atoms with Crippen LogP contribution in [0.15, 0.2) is 42.5 Å². The monoisotopic (exact) mass is 334 g/mol. The van der Waals surface area contributed by atoms with Crippen molar-refractivity contribution >= 4 is 34.8 Å². The van der Waals surface area contributed by atoms with Gasteiger partial charge >= 0.3 is 0 Å². The van der Waals surface area contributed by atoms with Crippen molar-refractivity contribution in [2.24, 2.45) is 0 Å². The largest absolute Gasteiger partial charge is 0.480 e. The molecular formula is C16H12Cl2N2O2. The Balaban J connectivity index is 2.08. The Morgan fingerprint density at radius 3 is 2.50 bits per heavy atom. The lowest BCUT2D eigenvalue weighted by Crippen LogP contribution is -2.30. The minimum atomic E-state index is -0.785. The Morgan fingerprint density at radius 1 is 1.23 bits per heavy atom. The van der Waals surface area contributed by atoms with Crippen molar-refractivity contribution in [3.05, 3.63) is 58.1 Å². The molecule has 0 heterocycles. The molecule has 0 radical (unpaired) electrons. The summed E-state index contributed by atoms with van der Waals surface area (Å²) in [6.07, 6.45) is -0.785. The van der Waals surface area contributed by atoms with E-state index in [-0.39, 0.29) is 5.91 Å². The molecule has 0 spiro atoms. The van der Waals surface area contributed by atoms with E-state index in [1.54, 1.807) is 49.4 Å². The van der Waals surface area contributed by atoms with Crippen molar-refractivity contribution in [2.75, 3.05) is 5.32 Å². The zero-order chi connectivity index (χ0) is 16.1. The molecule has 0 bridgehead atoms. The third-order valence-electron chi connectivity index (χ3n) is 2.81. The van der Waals surface area contributed by atoms with E-state index in [1.807, 2.05) is 6.07 Å². The fourth-order valence-corrected chi connectivity index (χ4v) is 2.30. The van der Waals surface area contributed by atoms with Crippen molar-refractivity contribution in [3.8, 4) is 11.8 Å². The third-order valence-corrected chi connectivity index (χ3v) is 3.25. The molecule has 2 aromatic rings. The van der Waals surface area contributed by atoms with E-state index in [9.17, 15) is 4.79 Å². The van der Waals surface area contributed by atoms with Crippen molar-refractivity contribution in [1.82, 2.24) is 0 Å².